The summed E-state index contributed by atoms with van der Waals surface area (Å²) in [5.74, 6) is -0.347. The minimum Gasteiger partial charge on any atom is -0.374 e. The summed E-state index contributed by atoms with van der Waals surface area (Å²) in [6.45, 7) is 8.04. The number of rotatable bonds is 5. The fraction of sp³-hybridized carbons (Fsp3) is 0.433. The lowest BCUT2D eigenvalue weighted by Crippen LogP contribution is -2.41. The molecular formula is C30H36FN3O2. The normalized spacial score (nSPS) is 23.8. The van der Waals surface area contributed by atoms with Crippen molar-refractivity contribution >= 4 is 11.6 Å². The zero-order chi connectivity index (χ0) is 25.4. The maximum atomic E-state index is 13.4. The first-order valence-electron chi connectivity index (χ1n) is 12.9. The van der Waals surface area contributed by atoms with Gasteiger partial charge in [-0.05, 0) is 111 Å². The first kappa shape index (κ1) is 24.7. The maximum Gasteiger partial charge on any atom is 0.248 e. The predicted molar refractivity (Wildman–Crippen MR) is 141 cm³/mol. The van der Waals surface area contributed by atoms with Gasteiger partial charge in [-0.1, -0.05) is 24.3 Å². The molecule has 0 saturated carbocycles. The molecule has 190 valence electrons. The third kappa shape index (κ3) is 4.97. The highest BCUT2D eigenvalue weighted by molar-refractivity contribution is 5.93. The lowest BCUT2D eigenvalue weighted by molar-refractivity contribution is 0.0909. The van der Waals surface area contributed by atoms with E-state index in [-0.39, 0.29) is 17.2 Å². The van der Waals surface area contributed by atoms with E-state index in [4.69, 9.17) is 5.73 Å². The van der Waals surface area contributed by atoms with Crippen molar-refractivity contribution in [3.63, 3.8) is 0 Å². The van der Waals surface area contributed by atoms with E-state index in [1.807, 2.05) is 23.1 Å². The van der Waals surface area contributed by atoms with Crippen molar-refractivity contribution in [3.8, 4) is 0 Å². The number of hydrogen-bond donors (Lipinski definition) is 2. The van der Waals surface area contributed by atoms with Gasteiger partial charge in [0.2, 0.25) is 5.91 Å². The molecule has 2 aromatic rings. The van der Waals surface area contributed by atoms with Crippen molar-refractivity contribution in [3.05, 3.63) is 88.3 Å². The monoisotopic (exact) mass is 489 g/mol. The number of benzene rings is 2. The highest BCUT2D eigenvalue weighted by Gasteiger charge is 2.45. The Morgan fingerprint density at radius 2 is 1.89 bits per heavy atom. The van der Waals surface area contributed by atoms with Crippen LogP contribution in [0.25, 0.3) is 0 Å². The van der Waals surface area contributed by atoms with Crippen LogP contribution in [0.15, 0.2) is 60.5 Å². The number of aliphatic hydroxyl groups excluding tert-OH is 1. The van der Waals surface area contributed by atoms with E-state index in [0.717, 1.165) is 51.1 Å². The van der Waals surface area contributed by atoms with E-state index in [1.165, 1.54) is 22.3 Å². The molecule has 1 aliphatic carbocycles. The molecule has 2 aliphatic heterocycles. The predicted octanol–water partition coefficient (Wildman–Crippen LogP) is 5.11. The van der Waals surface area contributed by atoms with Crippen LogP contribution in [0, 0.1) is 19.3 Å². The average molecular weight is 490 g/mol. The Labute approximate surface area is 213 Å². The number of allylic oxidation sites excluding steroid dienone is 4. The topological polar surface area (TPSA) is 69.8 Å². The number of aliphatic hydroxyl groups is 1. The molecule has 2 aromatic carbocycles. The summed E-state index contributed by atoms with van der Waals surface area (Å²) in [6.07, 6.45) is 8.24. The number of piperidine rings is 1. The van der Waals surface area contributed by atoms with Gasteiger partial charge in [-0.2, -0.15) is 0 Å². The van der Waals surface area contributed by atoms with Crippen molar-refractivity contribution in [2.45, 2.75) is 58.2 Å². The summed E-state index contributed by atoms with van der Waals surface area (Å²) in [5.41, 5.74) is 12.1. The number of nitrogens with two attached hydrogens (primary N) is 1. The lowest BCUT2D eigenvalue weighted by Gasteiger charge is -2.39. The Kier molecular flexibility index (Phi) is 6.75. The fourth-order valence-electron chi connectivity index (χ4n) is 6.48. The molecule has 0 aromatic heterocycles. The number of anilines is 1. The average Bonchev–Trinajstić information content (AvgIpc) is 3.17. The molecule has 3 aliphatic rings. The summed E-state index contributed by atoms with van der Waals surface area (Å²) < 4.78 is 13.4. The van der Waals surface area contributed by atoms with Crippen molar-refractivity contribution in [2.75, 3.05) is 24.5 Å². The summed E-state index contributed by atoms with van der Waals surface area (Å²) in [4.78, 5) is 16.1. The third-order valence-electron chi connectivity index (χ3n) is 8.35. The third-order valence-corrected chi connectivity index (χ3v) is 8.35. The molecule has 0 bridgehead atoms. The quantitative estimate of drug-likeness (QED) is 0.612. The molecule has 1 amide bonds. The van der Waals surface area contributed by atoms with E-state index < -0.39 is 12.1 Å². The second-order valence-electron chi connectivity index (χ2n) is 10.9. The maximum absolute atomic E-state index is 13.4. The molecule has 3 N–H and O–H groups in total. The molecule has 6 heteroatoms. The van der Waals surface area contributed by atoms with E-state index >= 15 is 0 Å². The van der Waals surface area contributed by atoms with Crippen molar-refractivity contribution in [1.82, 2.24) is 4.90 Å². The molecule has 2 unspecified atom stereocenters. The second kappa shape index (κ2) is 9.83. The van der Waals surface area contributed by atoms with Gasteiger partial charge in [0, 0.05) is 30.3 Å². The molecule has 2 heterocycles. The lowest BCUT2D eigenvalue weighted by atomic mass is 9.77. The van der Waals surface area contributed by atoms with Gasteiger partial charge in [0.05, 0.1) is 0 Å². The van der Waals surface area contributed by atoms with Crippen molar-refractivity contribution in [1.29, 1.82) is 0 Å². The number of aryl methyl sites for hydroxylation is 2. The van der Waals surface area contributed by atoms with Crippen LogP contribution in [0.1, 0.15) is 64.2 Å². The summed E-state index contributed by atoms with van der Waals surface area (Å²) >= 11 is 0. The summed E-state index contributed by atoms with van der Waals surface area (Å²) in [5, 5.41) is 10.9. The Morgan fingerprint density at radius 3 is 2.53 bits per heavy atom. The highest BCUT2D eigenvalue weighted by atomic mass is 19.1. The van der Waals surface area contributed by atoms with Crippen LogP contribution in [0.3, 0.4) is 0 Å². The van der Waals surface area contributed by atoms with Crippen molar-refractivity contribution < 1.29 is 14.3 Å². The Morgan fingerprint density at radius 1 is 1.17 bits per heavy atom. The van der Waals surface area contributed by atoms with Crippen LogP contribution in [0.2, 0.25) is 0 Å². The van der Waals surface area contributed by atoms with Gasteiger partial charge in [0.1, 0.15) is 12.1 Å². The fourth-order valence-corrected chi connectivity index (χ4v) is 6.48. The number of hydrogen-bond acceptors (Lipinski definition) is 4. The van der Waals surface area contributed by atoms with Crippen LogP contribution in [0.5, 0.6) is 0 Å². The van der Waals surface area contributed by atoms with Gasteiger partial charge in [0.15, 0.2) is 0 Å². The molecule has 2 atom stereocenters. The van der Waals surface area contributed by atoms with E-state index in [0.29, 0.717) is 12.0 Å². The largest absolute Gasteiger partial charge is 0.374 e. The number of carbonyl (C=O) groups excluding carboxylic acids is 1. The van der Waals surface area contributed by atoms with Crippen LogP contribution < -0.4 is 10.6 Å². The minimum atomic E-state index is -0.547. The van der Waals surface area contributed by atoms with Crippen LogP contribution in [-0.4, -0.2) is 41.8 Å². The zero-order valence-corrected chi connectivity index (χ0v) is 21.2. The number of carbonyl (C=O) groups is 1. The Hall–Kier alpha value is -2.96. The Balaban J connectivity index is 1.22. The minimum absolute atomic E-state index is 0.0877. The summed E-state index contributed by atoms with van der Waals surface area (Å²) in [6, 6.07) is 11.8. The number of nitrogens with zero attached hydrogens (tertiary/aromatic N) is 2. The van der Waals surface area contributed by atoms with E-state index in [1.54, 1.807) is 24.3 Å². The van der Waals surface area contributed by atoms with E-state index in [2.05, 4.69) is 30.9 Å². The van der Waals surface area contributed by atoms with Gasteiger partial charge in [-0.15, -0.1) is 0 Å². The Bertz CT molecular complexity index is 1190. The molecule has 2 fully saturated rings. The van der Waals surface area contributed by atoms with Gasteiger partial charge in [-0.3, -0.25) is 9.69 Å². The molecular weight excluding hydrogens is 453 g/mol. The van der Waals surface area contributed by atoms with Gasteiger partial charge in [-0.25, -0.2) is 4.39 Å². The van der Waals surface area contributed by atoms with Gasteiger partial charge >= 0.3 is 0 Å². The molecule has 5 nitrogen and oxygen atoms in total. The molecule has 5 rings (SSSR count). The van der Waals surface area contributed by atoms with Gasteiger partial charge in [0.25, 0.3) is 0 Å². The second-order valence-corrected chi connectivity index (χ2v) is 10.9. The molecule has 36 heavy (non-hydrogen) atoms. The van der Waals surface area contributed by atoms with Gasteiger partial charge < -0.3 is 15.7 Å². The summed E-state index contributed by atoms with van der Waals surface area (Å²) in [7, 11) is 0. The molecule has 1 spiro atoms. The number of primary amides is 1. The standard InChI is InChI=1S/C30H36FN3O2/c1-20-14-22(15-21(2)28(20)23-6-8-25(31)9-7-23)18-33-12-10-30(11-13-33)17-27(35)34(19-30)26-5-3-4-24(16-26)29(32)36/h3-6,8-9,14-16,23,27,35H,7,10-13,17-19H2,1-2H3,(H2,32,36). The number of halogens is 1. The van der Waals surface area contributed by atoms with Crippen LogP contribution in [-0.2, 0) is 6.54 Å². The first-order valence-corrected chi connectivity index (χ1v) is 12.9. The smallest absolute Gasteiger partial charge is 0.248 e. The number of amides is 1. The molecule has 2 saturated heterocycles. The highest BCUT2D eigenvalue weighted by Crippen LogP contribution is 2.44. The SMILES string of the molecule is Cc1cc(CN2CCC3(CC2)CC(O)N(c2cccc(C(N)=O)c2)C3)cc(C)c1C1C=CC(F)=CC1. The zero-order valence-electron chi connectivity index (χ0n) is 21.2. The molecule has 0 radical (unpaired) electrons. The number of likely N-dealkylation sites (tertiary alicyclic amines) is 1. The van der Waals surface area contributed by atoms with E-state index in [9.17, 15) is 14.3 Å². The van der Waals surface area contributed by atoms with Crippen LogP contribution >= 0.6 is 0 Å². The van der Waals surface area contributed by atoms with Crippen LogP contribution in [0.4, 0.5) is 10.1 Å². The van der Waals surface area contributed by atoms with Crippen molar-refractivity contribution in [2.24, 2.45) is 11.1 Å². The first-order chi connectivity index (χ1) is 17.2.